The molecule has 0 aliphatic carbocycles. The van der Waals surface area contributed by atoms with Crippen molar-refractivity contribution in [2.75, 3.05) is 0 Å². The van der Waals surface area contributed by atoms with Gasteiger partial charge in [-0.1, -0.05) is 24.3 Å². The van der Waals surface area contributed by atoms with Crippen molar-refractivity contribution in [3.8, 4) is 45.8 Å². The van der Waals surface area contributed by atoms with Crippen LogP contribution in [0.15, 0.2) is 106 Å². The number of carbonyl (C=O) groups excluding carboxylic acids is 2. The maximum absolute atomic E-state index is 13.9. The lowest BCUT2D eigenvalue weighted by Gasteiger charge is -2.41. The Morgan fingerprint density at radius 1 is 0.698 bits per heavy atom. The fraction of sp³-hybridized carbons (Fsp3) is 0.154. The summed E-state index contributed by atoms with van der Waals surface area (Å²) in [7, 11) is 0. The van der Waals surface area contributed by atoms with Gasteiger partial charge < -0.3 is 54.0 Å². The Kier molecular flexibility index (Phi) is 10.4. The molecule has 6 N–H and O–H groups in total. The smallest absolute Gasteiger partial charge is 0.331 e. The molecule has 5 unspecified atom stereocenters. The highest BCUT2D eigenvalue weighted by atomic mass is 16.7. The quantitative estimate of drug-likeness (QED) is 0.0894. The number of aromatic hydroxyl groups is 5. The summed E-state index contributed by atoms with van der Waals surface area (Å²) in [4.78, 5) is 40.0. The van der Waals surface area contributed by atoms with Crippen LogP contribution in [0.5, 0.6) is 34.5 Å². The molecule has 0 bridgehead atoms. The minimum atomic E-state index is -1.91. The highest BCUT2D eigenvalue weighted by Gasteiger charge is 2.49. The van der Waals surface area contributed by atoms with Gasteiger partial charge in [0.15, 0.2) is 24.1 Å². The minimum Gasteiger partial charge on any atom is -0.508 e. The van der Waals surface area contributed by atoms with Gasteiger partial charge >= 0.3 is 11.9 Å². The molecule has 5 aromatic rings. The number of fused-ring (bicyclic) bond motifs is 1. The third-order valence-electron chi connectivity index (χ3n) is 8.15. The zero-order chi connectivity index (χ0) is 37.8. The number of hydrogen-bond acceptors (Lipinski definition) is 14. The second kappa shape index (κ2) is 15.2. The van der Waals surface area contributed by atoms with E-state index in [9.17, 15) is 45.0 Å². The van der Waals surface area contributed by atoms with E-state index in [2.05, 4.69) is 0 Å². The standard InChI is InChI=1S/C39H32O14/c1-20-35(51-30(45)16-6-21-2-10-24(40)11-3-21)38(52-31(46)17-7-22-4-12-25(41)13-5-22)34(48)39(49-20)53-37-33(47)32-28(44)18-27(43)19-29(32)50-36(37)23-8-14-26(42)15-9-23/h2-20,34-35,38-44,48H,1H3. The zero-order valence-electron chi connectivity index (χ0n) is 27.7. The highest BCUT2D eigenvalue weighted by molar-refractivity contribution is 5.89. The first-order chi connectivity index (χ1) is 25.4. The molecule has 2 heterocycles. The molecule has 53 heavy (non-hydrogen) atoms. The third-order valence-corrected chi connectivity index (χ3v) is 8.15. The van der Waals surface area contributed by atoms with Crippen LogP contribution in [-0.4, -0.2) is 73.3 Å². The maximum Gasteiger partial charge on any atom is 0.331 e. The van der Waals surface area contributed by atoms with Crippen LogP contribution in [-0.2, 0) is 23.8 Å². The third kappa shape index (κ3) is 8.25. The lowest BCUT2D eigenvalue weighted by atomic mass is 9.99. The summed E-state index contributed by atoms with van der Waals surface area (Å²) < 4.78 is 29.0. The van der Waals surface area contributed by atoms with Crippen molar-refractivity contribution in [3.05, 3.63) is 118 Å². The van der Waals surface area contributed by atoms with Gasteiger partial charge in [-0.05, 0) is 78.7 Å². The number of carbonyl (C=O) groups is 2. The molecule has 272 valence electrons. The normalized spacial score (nSPS) is 20.1. The van der Waals surface area contributed by atoms with Gasteiger partial charge in [0.25, 0.3) is 0 Å². The van der Waals surface area contributed by atoms with E-state index in [0.29, 0.717) is 11.1 Å². The topological polar surface area (TPSA) is 223 Å². The van der Waals surface area contributed by atoms with Crippen LogP contribution in [0.25, 0.3) is 34.4 Å². The molecule has 0 spiro atoms. The van der Waals surface area contributed by atoms with Crippen molar-refractivity contribution in [2.24, 2.45) is 0 Å². The SMILES string of the molecule is CC1OC(Oc2c(-c3ccc(O)cc3)oc3cc(O)cc(O)c3c2=O)C(O)C(OC(=O)C=Cc2ccc(O)cc2)C1OC(=O)C=Cc1ccc(O)cc1. The highest BCUT2D eigenvalue weighted by Crippen LogP contribution is 2.38. The average molecular weight is 725 g/mol. The lowest BCUT2D eigenvalue weighted by Crippen LogP contribution is -2.61. The number of rotatable bonds is 9. The maximum atomic E-state index is 13.9. The summed E-state index contributed by atoms with van der Waals surface area (Å²) >= 11 is 0. The van der Waals surface area contributed by atoms with Crippen LogP contribution in [0.1, 0.15) is 18.1 Å². The number of benzene rings is 4. The van der Waals surface area contributed by atoms with Gasteiger partial charge in [0.2, 0.25) is 17.5 Å². The number of phenols is 5. The average Bonchev–Trinajstić information content (AvgIpc) is 3.12. The molecule has 1 aromatic heterocycles. The summed E-state index contributed by atoms with van der Waals surface area (Å²) in [6.45, 7) is 1.45. The summed E-state index contributed by atoms with van der Waals surface area (Å²) in [6.07, 6.45) is -2.91. The zero-order valence-corrected chi connectivity index (χ0v) is 27.7. The largest absolute Gasteiger partial charge is 0.508 e. The van der Waals surface area contributed by atoms with E-state index in [0.717, 1.165) is 24.3 Å². The molecule has 0 radical (unpaired) electrons. The summed E-state index contributed by atoms with van der Waals surface area (Å²) in [5.41, 5.74) is 0.177. The first kappa shape index (κ1) is 36.0. The van der Waals surface area contributed by atoms with E-state index in [1.165, 1.54) is 67.6 Å². The van der Waals surface area contributed by atoms with Gasteiger partial charge in [0.1, 0.15) is 39.7 Å². The van der Waals surface area contributed by atoms with Crippen LogP contribution in [0.2, 0.25) is 0 Å². The van der Waals surface area contributed by atoms with Crippen molar-refractivity contribution < 1.29 is 63.6 Å². The molecule has 6 rings (SSSR count). The molecular weight excluding hydrogens is 692 g/mol. The molecule has 0 saturated carbocycles. The van der Waals surface area contributed by atoms with Gasteiger partial charge in [0, 0.05) is 29.8 Å². The van der Waals surface area contributed by atoms with E-state index in [4.69, 9.17) is 23.4 Å². The Bertz CT molecular complexity index is 2240. The molecule has 4 aromatic carbocycles. The van der Waals surface area contributed by atoms with Gasteiger partial charge in [0.05, 0.1) is 6.10 Å². The van der Waals surface area contributed by atoms with E-state index >= 15 is 0 Å². The summed E-state index contributed by atoms with van der Waals surface area (Å²) in [5.74, 6) is -3.72. The molecule has 0 amide bonds. The fourth-order valence-electron chi connectivity index (χ4n) is 5.52. The van der Waals surface area contributed by atoms with Crippen LogP contribution >= 0.6 is 0 Å². The Labute approximate surface area is 300 Å². The van der Waals surface area contributed by atoms with Gasteiger partial charge in [-0.25, -0.2) is 9.59 Å². The van der Waals surface area contributed by atoms with E-state index < -0.39 is 65.3 Å². The Hall–Kier alpha value is -6.77. The number of hydrogen-bond donors (Lipinski definition) is 6. The lowest BCUT2D eigenvalue weighted by molar-refractivity contribution is -0.275. The van der Waals surface area contributed by atoms with Crippen molar-refractivity contribution >= 4 is 35.1 Å². The van der Waals surface area contributed by atoms with E-state index in [-0.39, 0.29) is 39.5 Å². The van der Waals surface area contributed by atoms with Crippen molar-refractivity contribution in [3.63, 3.8) is 0 Å². The van der Waals surface area contributed by atoms with Crippen molar-refractivity contribution in [1.29, 1.82) is 0 Å². The molecule has 1 aliphatic heterocycles. The van der Waals surface area contributed by atoms with Crippen molar-refractivity contribution in [2.45, 2.75) is 37.6 Å². The van der Waals surface area contributed by atoms with E-state index in [1.807, 2.05) is 0 Å². The molecule has 1 fully saturated rings. The summed E-state index contributed by atoms with van der Waals surface area (Å²) in [6, 6.07) is 19.3. The number of ether oxygens (including phenoxy) is 4. The first-order valence-corrected chi connectivity index (χ1v) is 16.0. The predicted molar refractivity (Wildman–Crippen MR) is 188 cm³/mol. The van der Waals surface area contributed by atoms with Crippen molar-refractivity contribution in [1.82, 2.24) is 0 Å². The number of phenolic OH excluding ortho intramolecular Hbond substituents is 5. The molecule has 1 aliphatic rings. The van der Waals surface area contributed by atoms with Crippen LogP contribution in [0.4, 0.5) is 0 Å². The van der Waals surface area contributed by atoms with Gasteiger partial charge in [-0.2, -0.15) is 0 Å². The van der Waals surface area contributed by atoms with Gasteiger partial charge in [-0.15, -0.1) is 0 Å². The summed E-state index contributed by atoms with van der Waals surface area (Å²) in [5, 5.41) is 60.8. The molecular formula is C39H32O14. The van der Waals surface area contributed by atoms with Gasteiger partial charge in [-0.3, -0.25) is 4.79 Å². The van der Waals surface area contributed by atoms with Crippen LogP contribution < -0.4 is 10.2 Å². The van der Waals surface area contributed by atoms with Crippen LogP contribution in [0, 0.1) is 0 Å². The number of aliphatic hydroxyl groups is 1. The second-order valence-electron chi connectivity index (χ2n) is 11.9. The second-order valence-corrected chi connectivity index (χ2v) is 11.9. The molecule has 14 heteroatoms. The van der Waals surface area contributed by atoms with Crippen LogP contribution in [0.3, 0.4) is 0 Å². The minimum absolute atomic E-state index is 0.0154. The van der Waals surface area contributed by atoms with E-state index in [1.54, 1.807) is 24.3 Å². The monoisotopic (exact) mass is 724 g/mol. The molecule has 5 atom stereocenters. The Morgan fingerprint density at radius 2 is 1.21 bits per heavy atom. The first-order valence-electron chi connectivity index (χ1n) is 16.0. The Balaban J connectivity index is 1.34. The number of aliphatic hydroxyl groups excluding tert-OH is 1. The fourth-order valence-corrected chi connectivity index (χ4v) is 5.52. The Morgan fingerprint density at radius 3 is 1.75 bits per heavy atom. The molecule has 1 saturated heterocycles. The molecule has 14 nitrogen and oxygen atoms in total. The predicted octanol–water partition coefficient (Wildman–Crippen LogP) is 4.72. The number of esters is 2.